The number of para-hydroxylation sites is 2. The second kappa shape index (κ2) is 13.7. The molecule has 0 spiro atoms. The molecule has 3 aromatic carbocycles. The zero-order valence-electron chi connectivity index (χ0n) is 24.3. The lowest BCUT2D eigenvalue weighted by molar-refractivity contribution is -0.134. The molecular formula is C32H38N4O5. The molecule has 0 aliphatic carbocycles. The molecule has 2 amide bonds. The number of benzene rings is 3. The highest BCUT2D eigenvalue weighted by Crippen LogP contribution is 2.38. The standard InChI is InChI=1S/C32H38N4O5/c1-22(2)35(20-23-12-7-6-8-13-23)30(37)21-36-26-15-10-9-14-25(26)34-29(36)16-11-17-33-32(38)24-18-27(39-3)31(41-5)28(19-24)40-4/h6-10,12-15,18-19,22H,11,16-17,20-21H2,1-5H3,(H,33,38). The fraction of sp³-hybridized carbons (Fsp3) is 0.344. The first-order valence-electron chi connectivity index (χ1n) is 13.7. The van der Waals surface area contributed by atoms with Gasteiger partial charge in [0.15, 0.2) is 11.5 Å². The molecule has 1 aromatic heterocycles. The van der Waals surface area contributed by atoms with Crippen LogP contribution in [-0.2, 0) is 24.3 Å². The van der Waals surface area contributed by atoms with E-state index < -0.39 is 0 Å². The maximum Gasteiger partial charge on any atom is 0.251 e. The predicted octanol–water partition coefficient (Wildman–Crippen LogP) is 4.86. The van der Waals surface area contributed by atoms with Gasteiger partial charge in [0.2, 0.25) is 11.7 Å². The molecule has 0 aliphatic rings. The van der Waals surface area contributed by atoms with Crippen molar-refractivity contribution >= 4 is 22.8 Å². The summed E-state index contributed by atoms with van der Waals surface area (Å²) in [4.78, 5) is 33.2. The predicted molar refractivity (Wildman–Crippen MR) is 159 cm³/mol. The Labute approximate surface area is 241 Å². The number of aromatic nitrogens is 2. The second-order valence-electron chi connectivity index (χ2n) is 9.98. The van der Waals surface area contributed by atoms with Crippen LogP contribution >= 0.6 is 0 Å². The van der Waals surface area contributed by atoms with E-state index in [0.29, 0.717) is 48.7 Å². The summed E-state index contributed by atoms with van der Waals surface area (Å²) in [5.74, 6) is 1.85. The van der Waals surface area contributed by atoms with Crippen LogP contribution in [0, 0.1) is 0 Å². The summed E-state index contributed by atoms with van der Waals surface area (Å²) in [7, 11) is 4.54. The first kappa shape index (κ1) is 29.5. The lowest BCUT2D eigenvalue weighted by atomic mass is 10.1. The van der Waals surface area contributed by atoms with Crippen LogP contribution in [0.5, 0.6) is 17.2 Å². The summed E-state index contributed by atoms with van der Waals surface area (Å²) in [5.41, 5.74) is 3.26. The van der Waals surface area contributed by atoms with E-state index >= 15 is 0 Å². The van der Waals surface area contributed by atoms with Gasteiger partial charge in [-0.15, -0.1) is 0 Å². The monoisotopic (exact) mass is 558 g/mol. The highest BCUT2D eigenvalue weighted by atomic mass is 16.5. The minimum absolute atomic E-state index is 0.0314. The third-order valence-corrected chi connectivity index (χ3v) is 6.96. The fourth-order valence-corrected chi connectivity index (χ4v) is 4.82. The minimum atomic E-state index is -0.249. The normalized spacial score (nSPS) is 11.0. The zero-order valence-corrected chi connectivity index (χ0v) is 24.3. The van der Waals surface area contributed by atoms with Crippen LogP contribution in [0.25, 0.3) is 11.0 Å². The van der Waals surface area contributed by atoms with Crippen molar-refractivity contribution in [2.24, 2.45) is 0 Å². The molecule has 0 fully saturated rings. The topological polar surface area (TPSA) is 94.9 Å². The van der Waals surface area contributed by atoms with Crippen LogP contribution in [0.3, 0.4) is 0 Å². The van der Waals surface area contributed by atoms with Gasteiger partial charge >= 0.3 is 0 Å². The number of amides is 2. The van der Waals surface area contributed by atoms with Crippen LogP contribution in [0.4, 0.5) is 0 Å². The van der Waals surface area contributed by atoms with E-state index in [1.165, 1.54) is 21.3 Å². The smallest absolute Gasteiger partial charge is 0.251 e. The molecule has 41 heavy (non-hydrogen) atoms. The van der Waals surface area contributed by atoms with E-state index in [1.807, 2.05) is 77.9 Å². The Morgan fingerprint density at radius 3 is 2.22 bits per heavy atom. The number of hydrogen-bond donors (Lipinski definition) is 1. The molecule has 4 aromatic rings. The van der Waals surface area contributed by atoms with Crippen molar-refractivity contribution in [1.82, 2.24) is 19.8 Å². The molecule has 0 saturated carbocycles. The first-order chi connectivity index (χ1) is 19.9. The molecule has 9 nitrogen and oxygen atoms in total. The van der Waals surface area contributed by atoms with Crippen molar-refractivity contribution in [3.63, 3.8) is 0 Å². The molecule has 1 N–H and O–H groups in total. The van der Waals surface area contributed by atoms with Crippen molar-refractivity contribution in [3.05, 3.63) is 83.7 Å². The zero-order chi connectivity index (χ0) is 29.4. The Bertz CT molecular complexity index is 1460. The minimum Gasteiger partial charge on any atom is -0.493 e. The number of imidazole rings is 1. The van der Waals surface area contributed by atoms with E-state index in [1.54, 1.807) is 12.1 Å². The third kappa shape index (κ3) is 6.98. The first-order valence-corrected chi connectivity index (χ1v) is 13.7. The molecule has 4 rings (SSSR count). The van der Waals surface area contributed by atoms with Crippen LogP contribution in [-0.4, -0.2) is 60.2 Å². The summed E-state index contributed by atoms with van der Waals surface area (Å²) in [6.07, 6.45) is 1.24. The number of hydrogen-bond acceptors (Lipinski definition) is 6. The van der Waals surface area contributed by atoms with Gasteiger partial charge in [-0.3, -0.25) is 9.59 Å². The maximum absolute atomic E-state index is 13.6. The molecule has 0 radical (unpaired) electrons. The quantitative estimate of drug-likeness (QED) is 0.236. The highest BCUT2D eigenvalue weighted by molar-refractivity contribution is 5.95. The van der Waals surface area contributed by atoms with Gasteiger partial charge in [-0.05, 0) is 50.1 Å². The fourth-order valence-electron chi connectivity index (χ4n) is 4.82. The maximum atomic E-state index is 13.6. The van der Waals surface area contributed by atoms with Crippen molar-refractivity contribution in [2.75, 3.05) is 27.9 Å². The van der Waals surface area contributed by atoms with Crippen LogP contribution in [0.1, 0.15) is 42.0 Å². The molecule has 1 heterocycles. The molecule has 0 aliphatic heterocycles. The van der Waals surface area contributed by atoms with Gasteiger partial charge in [-0.2, -0.15) is 0 Å². The lowest BCUT2D eigenvalue weighted by Crippen LogP contribution is -2.38. The Kier molecular flexibility index (Phi) is 9.84. The number of rotatable bonds is 13. The van der Waals surface area contributed by atoms with Gasteiger partial charge in [0.05, 0.1) is 32.4 Å². The van der Waals surface area contributed by atoms with Gasteiger partial charge in [0.1, 0.15) is 12.4 Å². The summed E-state index contributed by atoms with van der Waals surface area (Å²) >= 11 is 0. The van der Waals surface area contributed by atoms with E-state index in [4.69, 9.17) is 19.2 Å². The van der Waals surface area contributed by atoms with Crippen molar-refractivity contribution in [1.29, 1.82) is 0 Å². The lowest BCUT2D eigenvalue weighted by Gasteiger charge is -2.27. The van der Waals surface area contributed by atoms with E-state index in [2.05, 4.69) is 5.32 Å². The molecule has 0 bridgehead atoms. The summed E-state index contributed by atoms with van der Waals surface area (Å²) < 4.78 is 18.1. The number of carbonyl (C=O) groups is 2. The number of carbonyl (C=O) groups excluding carboxylic acids is 2. The van der Waals surface area contributed by atoms with Crippen LogP contribution < -0.4 is 19.5 Å². The van der Waals surface area contributed by atoms with E-state index in [-0.39, 0.29) is 24.4 Å². The number of nitrogens with one attached hydrogen (secondary N) is 1. The molecule has 0 atom stereocenters. The molecular weight excluding hydrogens is 520 g/mol. The molecule has 216 valence electrons. The van der Waals surface area contributed by atoms with Gasteiger partial charge in [-0.1, -0.05) is 42.5 Å². The Balaban J connectivity index is 1.45. The number of ether oxygens (including phenoxy) is 3. The van der Waals surface area contributed by atoms with Gasteiger partial charge in [0, 0.05) is 31.1 Å². The largest absolute Gasteiger partial charge is 0.493 e. The van der Waals surface area contributed by atoms with Crippen LogP contribution in [0.15, 0.2) is 66.7 Å². The van der Waals surface area contributed by atoms with Crippen molar-refractivity contribution in [3.8, 4) is 17.2 Å². The Morgan fingerprint density at radius 1 is 0.927 bits per heavy atom. The SMILES string of the molecule is COc1cc(C(=O)NCCCc2nc3ccccc3n2CC(=O)N(Cc2ccccc2)C(C)C)cc(OC)c1OC. The van der Waals surface area contributed by atoms with Crippen LogP contribution in [0.2, 0.25) is 0 Å². The third-order valence-electron chi connectivity index (χ3n) is 6.96. The molecule has 9 heteroatoms. The Morgan fingerprint density at radius 2 is 1.59 bits per heavy atom. The summed E-state index contributed by atoms with van der Waals surface area (Å²) in [5, 5.41) is 2.96. The van der Waals surface area contributed by atoms with Crippen molar-refractivity contribution in [2.45, 2.75) is 45.8 Å². The number of methoxy groups -OCH3 is 3. The number of nitrogens with zero attached hydrogens (tertiary/aromatic N) is 3. The summed E-state index contributed by atoms with van der Waals surface area (Å²) in [6, 6.07) is 21.2. The van der Waals surface area contributed by atoms with E-state index in [9.17, 15) is 9.59 Å². The average molecular weight is 559 g/mol. The van der Waals surface area contributed by atoms with Gasteiger partial charge in [0.25, 0.3) is 5.91 Å². The van der Waals surface area contributed by atoms with E-state index in [0.717, 1.165) is 22.4 Å². The van der Waals surface area contributed by atoms with Gasteiger partial charge in [-0.25, -0.2) is 4.98 Å². The average Bonchev–Trinajstić information content (AvgIpc) is 3.34. The number of fused-ring (bicyclic) bond motifs is 1. The summed E-state index contributed by atoms with van der Waals surface area (Å²) in [6.45, 7) is 5.23. The molecule has 0 saturated heterocycles. The Hall–Kier alpha value is -4.53. The molecule has 0 unspecified atom stereocenters. The number of aryl methyl sites for hydroxylation is 1. The highest BCUT2D eigenvalue weighted by Gasteiger charge is 2.21. The van der Waals surface area contributed by atoms with Crippen molar-refractivity contribution < 1.29 is 23.8 Å². The van der Waals surface area contributed by atoms with Gasteiger partial charge < -0.3 is 29.0 Å². The second-order valence-corrected chi connectivity index (χ2v) is 9.98.